The van der Waals surface area contributed by atoms with Crippen LogP contribution in [0.15, 0.2) is 24.8 Å². The van der Waals surface area contributed by atoms with E-state index in [9.17, 15) is 0 Å². The van der Waals surface area contributed by atoms with E-state index in [2.05, 4.69) is 24.8 Å². The van der Waals surface area contributed by atoms with Crippen LogP contribution in [0, 0.1) is 17.8 Å². The highest BCUT2D eigenvalue weighted by atomic mass is 14.3. The Kier molecular flexibility index (Phi) is 4.69. The first-order chi connectivity index (χ1) is 7.90. The predicted octanol–water partition coefficient (Wildman–Crippen LogP) is 5.12. The molecule has 90 valence electrons. The number of hydrogen-bond acceptors (Lipinski definition) is 0. The largest absolute Gasteiger partial charge is 0.103 e. The first kappa shape index (κ1) is 12.0. The van der Waals surface area contributed by atoms with Crippen molar-refractivity contribution in [3.63, 3.8) is 0 Å². The van der Waals surface area contributed by atoms with E-state index in [4.69, 9.17) is 0 Å². The van der Waals surface area contributed by atoms with E-state index in [1.165, 1.54) is 57.8 Å². The maximum atomic E-state index is 3.94. The van der Waals surface area contributed by atoms with Crippen LogP contribution in [0.3, 0.4) is 0 Å². The third kappa shape index (κ3) is 3.23. The molecule has 2 atom stereocenters. The lowest BCUT2D eigenvalue weighted by Gasteiger charge is -2.23. The van der Waals surface area contributed by atoms with Crippen molar-refractivity contribution in [2.24, 2.45) is 17.8 Å². The Labute approximate surface area is 101 Å². The highest BCUT2D eigenvalue weighted by Gasteiger charge is 2.22. The van der Waals surface area contributed by atoms with Gasteiger partial charge in [-0.2, -0.15) is 0 Å². The van der Waals surface area contributed by atoms with Crippen molar-refractivity contribution in [1.29, 1.82) is 0 Å². The van der Waals surface area contributed by atoms with Crippen molar-refractivity contribution < 1.29 is 0 Å². The molecule has 0 aromatic heterocycles. The van der Waals surface area contributed by atoms with Crippen molar-refractivity contribution in [2.45, 2.75) is 57.8 Å². The molecule has 0 spiro atoms. The minimum atomic E-state index is 0.743. The van der Waals surface area contributed by atoms with Crippen LogP contribution in [0.5, 0.6) is 0 Å². The van der Waals surface area contributed by atoms with Crippen molar-refractivity contribution >= 4 is 0 Å². The Balaban J connectivity index is 1.90. The van der Waals surface area contributed by atoms with Crippen LogP contribution in [0.4, 0.5) is 0 Å². The van der Waals surface area contributed by atoms with Crippen molar-refractivity contribution in [1.82, 2.24) is 0 Å². The van der Waals surface area contributed by atoms with E-state index >= 15 is 0 Å². The fourth-order valence-corrected chi connectivity index (χ4v) is 3.39. The number of hydrogen-bond donors (Lipinski definition) is 0. The summed E-state index contributed by atoms with van der Waals surface area (Å²) in [5, 5.41) is 0. The molecule has 2 unspecified atom stereocenters. The van der Waals surface area contributed by atoms with Gasteiger partial charge in [-0.05, 0) is 49.9 Å². The van der Waals surface area contributed by atoms with Gasteiger partial charge >= 0.3 is 0 Å². The normalized spacial score (nSPS) is 33.0. The quantitative estimate of drug-likeness (QED) is 0.446. The van der Waals surface area contributed by atoms with E-state index in [-0.39, 0.29) is 0 Å². The second-order valence-corrected chi connectivity index (χ2v) is 5.65. The Morgan fingerprint density at radius 1 is 0.938 bits per heavy atom. The van der Waals surface area contributed by atoms with Gasteiger partial charge in [0.25, 0.3) is 0 Å². The number of allylic oxidation sites excluding steroid dienone is 3. The monoisotopic (exact) mass is 218 g/mol. The van der Waals surface area contributed by atoms with Gasteiger partial charge in [-0.25, -0.2) is 0 Å². The number of rotatable bonds is 2. The summed E-state index contributed by atoms with van der Waals surface area (Å²) in [7, 11) is 0. The van der Waals surface area contributed by atoms with Gasteiger partial charge in [0.2, 0.25) is 0 Å². The molecular weight excluding hydrogens is 192 g/mol. The molecule has 0 N–H and O–H groups in total. The van der Waals surface area contributed by atoms with Crippen LogP contribution in [-0.2, 0) is 0 Å². The van der Waals surface area contributed by atoms with Crippen LogP contribution in [0.25, 0.3) is 0 Å². The molecular formula is C16H26. The molecule has 2 aliphatic rings. The highest BCUT2D eigenvalue weighted by molar-refractivity contribution is 4.99. The summed E-state index contributed by atoms with van der Waals surface area (Å²) in [6, 6.07) is 0. The molecule has 0 aromatic rings. The van der Waals surface area contributed by atoms with Crippen LogP contribution >= 0.6 is 0 Å². The molecule has 2 aliphatic carbocycles. The van der Waals surface area contributed by atoms with Gasteiger partial charge in [0, 0.05) is 0 Å². The average Bonchev–Trinajstić information content (AvgIpc) is 2.71. The second-order valence-electron chi connectivity index (χ2n) is 5.65. The third-order valence-electron chi connectivity index (χ3n) is 4.53. The van der Waals surface area contributed by atoms with Gasteiger partial charge in [0.1, 0.15) is 0 Å². The first-order valence-corrected chi connectivity index (χ1v) is 7.19. The van der Waals surface area contributed by atoms with Crippen LogP contribution in [0.1, 0.15) is 57.8 Å². The summed E-state index contributed by atoms with van der Waals surface area (Å²) in [6.45, 7) is 3.94. The predicted molar refractivity (Wildman–Crippen MR) is 71.4 cm³/mol. The molecule has 0 radical (unpaired) electrons. The van der Waals surface area contributed by atoms with Gasteiger partial charge < -0.3 is 0 Å². The summed E-state index contributed by atoms with van der Waals surface area (Å²) in [5.74, 6) is 2.61. The molecule has 0 aromatic carbocycles. The Morgan fingerprint density at radius 2 is 1.69 bits per heavy atom. The van der Waals surface area contributed by atoms with Crippen molar-refractivity contribution in [3.8, 4) is 0 Å². The standard InChI is InChI=1S/C16H26/c1-2-14-8-7-11-16(13-12-14)15-9-5-3-4-6-10-15/h2,7,11,14-16H,1,3-6,8-10,12-13H2. The molecule has 1 fully saturated rings. The molecule has 0 bridgehead atoms. The lowest BCUT2D eigenvalue weighted by atomic mass is 9.83. The zero-order valence-electron chi connectivity index (χ0n) is 10.5. The summed E-state index contributed by atoms with van der Waals surface area (Å²) < 4.78 is 0. The fourth-order valence-electron chi connectivity index (χ4n) is 3.39. The summed E-state index contributed by atoms with van der Waals surface area (Å²) >= 11 is 0. The van der Waals surface area contributed by atoms with Gasteiger partial charge in [-0.15, -0.1) is 6.58 Å². The van der Waals surface area contributed by atoms with Crippen LogP contribution in [0.2, 0.25) is 0 Å². The van der Waals surface area contributed by atoms with E-state index in [1.807, 2.05) is 0 Å². The molecule has 0 nitrogen and oxygen atoms in total. The topological polar surface area (TPSA) is 0 Å². The van der Waals surface area contributed by atoms with E-state index in [1.54, 1.807) is 0 Å². The Bertz CT molecular complexity index is 230. The molecule has 0 heteroatoms. The van der Waals surface area contributed by atoms with Crippen LogP contribution < -0.4 is 0 Å². The fraction of sp³-hybridized carbons (Fsp3) is 0.750. The molecule has 0 aliphatic heterocycles. The molecule has 16 heavy (non-hydrogen) atoms. The van der Waals surface area contributed by atoms with Crippen molar-refractivity contribution in [3.05, 3.63) is 24.8 Å². The zero-order valence-corrected chi connectivity index (χ0v) is 10.5. The third-order valence-corrected chi connectivity index (χ3v) is 4.53. The lowest BCUT2D eigenvalue weighted by Crippen LogP contribution is -2.12. The van der Waals surface area contributed by atoms with Crippen LogP contribution in [-0.4, -0.2) is 0 Å². The zero-order chi connectivity index (χ0) is 11.2. The second kappa shape index (κ2) is 6.27. The Morgan fingerprint density at radius 3 is 2.38 bits per heavy atom. The SMILES string of the molecule is C=CC1CC=CC(C2CCCCCC2)CC1. The summed E-state index contributed by atoms with van der Waals surface area (Å²) in [6.07, 6.45) is 19.9. The van der Waals surface area contributed by atoms with Gasteiger partial charge in [-0.3, -0.25) is 0 Å². The van der Waals surface area contributed by atoms with Gasteiger partial charge in [0.15, 0.2) is 0 Å². The van der Waals surface area contributed by atoms with Crippen molar-refractivity contribution in [2.75, 3.05) is 0 Å². The highest BCUT2D eigenvalue weighted by Crippen LogP contribution is 2.35. The lowest BCUT2D eigenvalue weighted by molar-refractivity contribution is 0.324. The summed E-state index contributed by atoms with van der Waals surface area (Å²) in [5.41, 5.74) is 0. The van der Waals surface area contributed by atoms with E-state index < -0.39 is 0 Å². The maximum absolute atomic E-state index is 3.94. The molecule has 1 saturated carbocycles. The van der Waals surface area contributed by atoms with Gasteiger partial charge in [-0.1, -0.05) is 43.9 Å². The Hall–Kier alpha value is -0.520. The molecule has 0 amide bonds. The van der Waals surface area contributed by atoms with E-state index in [0.717, 1.165) is 17.8 Å². The molecule has 0 saturated heterocycles. The smallest absolute Gasteiger partial charge is 0.0201 e. The molecule has 0 heterocycles. The first-order valence-electron chi connectivity index (χ1n) is 7.19. The maximum Gasteiger partial charge on any atom is -0.0201 e. The molecule has 2 rings (SSSR count). The van der Waals surface area contributed by atoms with Gasteiger partial charge in [0.05, 0.1) is 0 Å². The minimum Gasteiger partial charge on any atom is -0.103 e. The van der Waals surface area contributed by atoms with E-state index in [0.29, 0.717) is 0 Å². The summed E-state index contributed by atoms with van der Waals surface area (Å²) in [4.78, 5) is 0. The minimum absolute atomic E-state index is 0.743. The average molecular weight is 218 g/mol.